The van der Waals surface area contributed by atoms with Gasteiger partial charge in [-0.05, 0) is 18.1 Å². The van der Waals surface area contributed by atoms with Crippen molar-refractivity contribution in [2.24, 2.45) is 0 Å². The largest absolute Gasteiger partial charge is 0.493 e. The predicted octanol–water partition coefficient (Wildman–Crippen LogP) is 4.65. The fraction of sp³-hybridized carbons (Fsp3) is 0.176. The van der Waals surface area contributed by atoms with Gasteiger partial charge in [0.1, 0.15) is 5.75 Å². The zero-order chi connectivity index (χ0) is 12.6. The number of para-hydroxylation sites is 1. The lowest BCUT2D eigenvalue weighted by Gasteiger charge is -2.07. The maximum Gasteiger partial charge on any atom is 0.126 e. The highest BCUT2D eigenvalue weighted by Crippen LogP contribution is 2.20. The minimum Gasteiger partial charge on any atom is -0.493 e. The molecule has 2 aromatic carbocycles. The highest BCUT2D eigenvalue weighted by molar-refractivity contribution is 5.72. The molecule has 2 rings (SSSR count). The lowest BCUT2D eigenvalue weighted by Crippen LogP contribution is -1.96. The van der Waals surface area contributed by atoms with E-state index < -0.39 is 0 Å². The van der Waals surface area contributed by atoms with Crippen molar-refractivity contribution in [3.8, 4) is 5.75 Å². The molecule has 0 radical (unpaired) electrons. The van der Waals surface area contributed by atoms with E-state index in [-0.39, 0.29) is 0 Å². The SMILES string of the molecule is CCCOc1ccccc1C=Cc1ccccc1. The van der Waals surface area contributed by atoms with E-state index in [1.54, 1.807) is 0 Å². The van der Waals surface area contributed by atoms with E-state index in [1.807, 2.05) is 36.4 Å². The average Bonchev–Trinajstić information content (AvgIpc) is 2.45. The molecule has 0 atom stereocenters. The Hall–Kier alpha value is -2.02. The van der Waals surface area contributed by atoms with E-state index in [4.69, 9.17) is 4.74 Å². The normalized spacial score (nSPS) is 10.7. The standard InChI is InChI=1S/C17H18O/c1-2-14-18-17-11-7-6-10-16(17)13-12-15-8-4-3-5-9-15/h3-13H,2,14H2,1H3. The Bertz CT molecular complexity index is 500. The molecule has 0 unspecified atom stereocenters. The van der Waals surface area contributed by atoms with Gasteiger partial charge in [-0.25, -0.2) is 0 Å². The fourth-order valence-electron chi connectivity index (χ4n) is 1.71. The van der Waals surface area contributed by atoms with Crippen LogP contribution < -0.4 is 4.74 Å². The van der Waals surface area contributed by atoms with E-state index in [2.05, 4.69) is 37.3 Å². The van der Waals surface area contributed by atoms with Gasteiger partial charge < -0.3 is 4.74 Å². The van der Waals surface area contributed by atoms with E-state index in [0.29, 0.717) is 0 Å². The Labute approximate surface area is 109 Å². The molecule has 0 bridgehead atoms. The molecule has 0 heterocycles. The maximum atomic E-state index is 5.72. The van der Waals surface area contributed by atoms with Crippen molar-refractivity contribution >= 4 is 12.2 Å². The maximum absolute atomic E-state index is 5.72. The Kier molecular flexibility index (Phi) is 4.60. The minimum atomic E-state index is 0.760. The van der Waals surface area contributed by atoms with Crippen molar-refractivity contribution in [3.05, 3.63) is 65.7 Å². The molecular formula is C17H18O. The van der Waals surface area contributed by atoms with Gasteiger partial charge in [-0.15, -0.1) is 0 Å². The minimum absolute atomic E-state index is 0.760. The average molecular weight is 238 g/mol. The molecule has 92 valence electrons. The predicted molar refractivity (Wildman–Crippen MR) is 77.6 cm³/mol. The first-order valence-corrected chi connectivity index (χ1v) is 6.35. The summed E-state index contributed by atoms with van der Waals surface area (Å²) in [5.74, 6) is 0.950. The highest BCUT2D eigenvalue weighted by Gasteiger charge is 1.98. The van der Waals surface area contributed by atoms with Gasteiger partial charge in [0.15, 0.2) is 0 Å². The van der Waals surface area contributed by atoms with Crippen LogP contribution in [0.25, 0.3) is 12.2 Å². The van der Waals surface area contributed by atoms with Gasteiger partial charge in [-0.1, -0.05) is 67.6 Å². The van der Waals surface area contributed by atoms with Gasteiger partial charge in [0.05, 0.1) is 6.61 Å². The molecule has 0 aliphatic rings. The molecule has 0 spiro atoms. The van der Waals surface area contributed by atoms with Gasteiger partial charge in [0, 0.05) is 5.56 Å². The summed E-state index contributed by atoms with van der Waals surface area (Å²) in [7, 11) is 0. The van der Waals surface area contributed by atoms with E-state index in [1.165, 1.54) is 5.56 Å². The van der Waals surface area contributed by atoms with Crippen LogP contribution in [0.3, 0.4) is 0 Å². The van der Waals surface area contributed by atoms with Crippen molar-refractivity contribution in [3.63, 3.8) is 0 Å². The Morgan fingerprint density at radius 2 is 1.61 bits per heavy atom. The van der Waals surface area contributed by atoms with Crippen LogP contribution in [0.1, 0.15) is 24.5 Å². The summed E-state index contributed by atoms with van der Waals surface area (Å²) in [6, 6.07) is 18.4. The zero-order valence-corrected chi connectivity index (χ0v) is 10.7. The third-order valence-corrected chi connectivity index (χ3v) is 2.64. The van der Waals surface area contributed by atoms with E-state index >= 15 is 0 Å². The molecule has 0 aliphatic heterocycles. The van der Waals surface area contributed by atoms with Crippen LogP contribution in [0.4, 0.5) is 0 Å². The van der Waals surface area contributed by atoms with Gasteiger partial charge >= 0.3 is 0 Å². The van der Waals surface area contributed by atoms with Crippen LogP contribution in [0.15, 0.2) is 54.6 Å². The van der Waals surface area contributed by atoms with E-state index in [0.717, 1.165) is 24.3 Å². The van der Waals surface area contributed by atoms with Crippen LogP contribution in [0, 0.1) is 0 Å². The summed E-state index contributed by atoms with van der Waals surface area (Å²) in [6.07, 6.45) is 5.23. The highest BCUT2D eigenvalue weighted by atomic mass is 16.5. The fourth-order valence-corrected chi connectivity index (χ4v) is 1.71. The molecule has 1 nitrogen and oxygen atoms in total. The molecule has 0 aromatic heterocycles. The lowest BCUT2D eigenvalue weighted by atomic mass is 10.1. The molecule has 1 heteroatoms. The van der Waals surface area contributed by atoms with Gasteiger partial charge in [-0.2, -0.15) is 0 Å². The Balaban J connectivity index is 2.15. The number of benzene rings is 2. The monoisotopic (exact) mass is 238 g/mol. The topological polar surface area (TPSA) is 9.23 Å². The van der Waals surface area contributed by atoms with Crippen molar-refractivity contribution in [1.29, 1.82) is 0 Å². The molecule has 0 aliphatic carbocycles. The van der Waals surface area contributed by atoms with E-state index in [9.17, 15) is 0 Å². The molecule has 18 heavy (non-hydrogen) atoms. The Morgan fingerprint density at radius 3 is 2.39 bits per heavy atom. The smallest absolute Gasteiger partial charge is 0.126 e. The number of hydrogen-bond acceptors (Lipinski definition) is 1. The summed E-state index contributed by atoms with van der Waals surface area (Å²) in [4.78, 5) is 0. The van der Waals surface area contributed by atoms with Gasteiger partial charge in [0.25, 0.3) is 0 Å². The first-order chi connectivity index (χ1) is 8.90. The summed E-state index contributed by atoms with van der Waals surface area (Å²) in [6.45, 7) is 2.87. The number of hydrogen-bond donors (Lipinski definition) is 0. The van der Waals surface area contributed by atoms with Crippen molar-refractivity contribution in [2.75, 3.05) is 6.61 Å². The summed E-state index contributed by atoms with van der Waals surface area (Å²) in [5.41, 5.74) is 2.32. The number of rotatable bonds is 5. The first-order valence-electron chi connectivity index (χ1n) is 6.35. The zero-order valence-electron chi connectivity index (χ0n) is 10.7. The molecule has 0 saturated carbocycles. The molecular weight excluding hydrogens is 220 g/mol. The third kappa shape index (κ3) is 3.49. The first kappa shape index (κ1) is 12.4. The van der Waals surface area contributed by atoms with Crippen LogP contribution in [0.2, 0.25) is 0 Å². The summed E-state index contributed by atoms with van der Waals surface area (Å²) < 4.78 is 5.72. The molecule has 2 aromatic rings. The van der Waals surface area contributed by atoms with Crippen LogP contribution in [0.5, 0.6) is 5.75 Å². The van der Waals surface area contributed by atoms with Gasteiger partial charge in [0.2, 0.25) is 0 Å². The van der Waals surface area contributed by atoms with Gasteiger partial charge in [-0.3, -0.25) is 0 Å². The lowest BCUT2D eigenvalue weighted by molar-refractivity contribution is 0.317. The second kappa shape index (κ2) is 6.65. The summed E-state index contributed by atoms with van der Waals surface area (Å²) >= 11 is 0. The number of ether oxygens (including phenoxy) is 1. The second-order valence-electron chi connectivity index (χ2n) is 4.13. The van der Waals surface area contributed by atoms with Crippen LogP contribution in [-0.4, -0.2) is 6.61 Å². The third-order valence-electron chi connectivity index (χ3n) is 2.64. The van der Waals surface area contributed by atoms with Crippen molar-refractivity contribution in [1.82, 2.24) is 0 Å². The van der Waals surface area contributed by atoms with Crippen molar-refractivity contribution in [2.45, 2.75) is 13.3 Å². The molecule has 0 saturated heterocycles. The molecule has 0 fully saturated rings. The van der Waals surface area contributed by atoms with Crippen LogP contribution in [-0.2, 0) is 0 Å². The summed E-state index contributed by atoms with van der Waals surface area (Å²) in [5, 5.41) is 0. The molecule has 0 N–H and O–H groups in total. The Morgan fingerprint density at radius 1 is 0.889 bits per heavy atom. The van der Waals surface area contributed by atoms with Crippen molar-refractivity contribution < 1.29 is 4.74 Å². The quantitative estimate of drug-likeness (QED) is 0.689. The molecule has 0 amide bonds. The van der Waals surface area contributed by atoms with Crippen LogP contribution >= 0.6 is 0 Å². The second-order valence-corrected chi connectivity index (χ2v) is 4.13.